The lowest BCUT2D eigenvalue weighted by Crippen LogP contribution is -2.43. The van der Waals surface area contributed by atoms with E-state index in [2.05, 4.69) is 0 Å². The highest BCUT2D eigenvalue weighted by molar-refractivity contribution is 4.98. The Balaban J connectivity index is 2.48. The second kappa shape index (κ2) is 3.22. The average Bonchev–Trinajstić information content (AvgIpc) is 2.33. The molecule has 1 rings (SSSR count). The van der Waals surface area contributed by atoms with Crippen molar-refractivity contribution in [3.8, 4) is 0 Å². The Labute approximate surface area is 66.2 Å². The molecule has 1 heterocycles. The SMILES string of the molecule is CC1C=COC1[C@H](N)C(C)F. The van der Waals surface area contributed by atoms with E-state index in [4.69, 9.17) is 10.5 Å². The van der Waals surface area contributed by atoms with Gasteiger partial charge in [0.25, 0.3) is 0 Å². The molecule has 0 aromatic heterocycles. The Bertz CT molecular complexity index is 158. The lowest BCUT2D eigenvalue weighted by molar-refractivity contribution is 0.0816. The molecule has 11 heavy (non-hydrogen) atoms. The maximum absolute atomic E-state index is 12.7. The minimum Gasteiger partial charge on any atom is -0.496 e. The van der Waals surface area contributed by atoms with Crippen LogP contribution in [0.2, 0.25) is 0 Å². The van der Waals surface area contributed by atoms with E-state index in [1.807, 2.05) is 13.0 Å². The Hall–Kier alpha value is -0.570. The van der Waals surface area contributed by atoms with Crippen LogP contribution in [0.3, 0.4) is 0 Å². The fourth-order valence-corrected chi connectivity index (χ4v) is 1.20. The topological polar surface area (TPSA) is 35.2 Å². The van der Waals surface area contributed by atoms with Gasteiger partial charge < -0.3 is 10.5 Å². The molecule has 0 amide bonds. The van der Waals surface area contributed by atoms with E-state index in [1.165, 1.54) is 6.92 Å². The summed E-state index contributed by atoms with van der Waals surface area (Å²) in [5.41, 5.74) is 5.57. The molecule has 3 unspecified atom stereocenters. The predicted molar refractivity (Wildman–Crippen MR) is 41.7 cm³/mol. The zero-order chi connectivity index (χ0) is 8.43. The van der Waals surface area contributed by atoms with Crippen molar-refractivity contribution < 1.29 is 9.13 Å². The van der Waals surface area contributed by atoms with E-state index in [-0.39, 0.29) is 12.0 Å². The van der Waals surface area contributed by atoms with Gasteiger partial charge >= 0.3 is 0 Å². The van der Waals surface area contributed by atoms with Crippen LogP contribution in [0.15, 0.2) is 12.3 Å². The van der Waals surface area contributed by atoms with Crippen molar-refractivity contribution in [1.29, 1.82) is 0 Å². The monoisotopic (exact) mass is 159 g/mol. The summed E-state index contributed by atoms with van der Waals surface area (Å²) in [4.78, 5) is 0. The molecule has 2 N–H and O–H groups in total. The quantitative estimate of drug-likeness (QED) is 0.657. The van der Waals surface area contributed by atoms with Gasteiger partial charge in [-0.15, -0.1) is 0 Å². The molecule has 0 aromatic rings. The first kappa shape index (κ1) is 8.53. The Morgan fingerprint density at radius 1 is 1.64 bits per heavy atom. The third-order valence-corrected chi connectivity index (χ3v) is 2.05. The molecular weight excluding hydrogens is 145 g/mol. The summed E-state index contributed by atoms with van der Waals surface area (Å²) in [5, 5.41) is 0. The van der Waals surface area contributed by atoms with Gasteiger partial charge in [0.2, 0.25) is 0 Å². The van der Waals surface area contributed by atoms with Crippen molar-refractivity contribution in [3.63, 3.8) is 0 Å². The number of rotatable bonds is 2. The standard InChI is InChI=1S/C8H14FNO/c1-5-3-4-11-8(5)7(10)6(2)9/h3-8H,10H2,1-2H3/t5?,6?,7-,8?/m1/s1. The van der Waals surface area contributed by atoms with E-state index >= 15 is 0 Å². The molecule has 3 heteroatoms. The Morgan fingerprint density at radius 2 is 2.27 bits per heavy atom. The highest BCUT2D eigenvalue weighted by Gasteiger charge is 2.30. The molecule has 0 spiro atoms. The normalized spacial score (nSPS) is 34.9. The van der Waals surface area contributed by atoms with E-state index in [0.29, 0.717) is 0 Å². The first-order valence-corrected chi connectivity index (χ1v) is 3.84. The van der Waals surface area contributed by atoms with Gasteiger partial charge in [-0.05, 0) is 13.0 Å². The molecule has 1 aliphatic heterocycles. The second-order valence-corrected chi connectivity index (χ2v) is 3.04. The van der Waals surface area contributed by atoms with Gasteiger partial charge in [-0.25, -0.2) is 4.39 Å². The molecule has 0 fully saturated rings. The van der Waals surface area contributed by atoms with Crippen molar-refractivity contribution >= 4 is 0 Å². The number of alkyl halides is 1. The lowest BCUT2D eigenvalue weighted by atomic mass is 9.97. The first-order valence-electron chi connectivity index (χ1n) is 3.84. The number of hydrogen-bond acceptors (Lipinski definition) is 2. The maximum atomic E-state index is 12.7. The van der Waals surface area contributed by atoms with Crippen LogP contribution in [0, 0.1) is 5.92 Å². The fourth-order valence-electron chi connectivity index (χ4n) is 1.20. The molecule has 1 aliphatic rings. The Kier molecular flexibility index (Phi) is 2.49. The largest absolute Gasteiger partial charge is 0.496 e. The van der Waals surface area contributed by atoms with Crippen LogP contribution in [-0.4, -0.2) is 18.3 Å². The van der Waals surface area contributed by atoms with Crippen molar-refractivity contribution in [2.75, 3.05) is 0 Å². The molecule has 0 radical (unpaired) electrons. The number of ether oxygens (including phenoxy) is 1. The molecule has 2 nitrogen and oxygen atoms in total. The summed E-state index contributed by atoms with van der Waals surface area (Å²) in [6.07, 6.45) is 2.29. The molecule has 64 valence electrons. The van der Waals surface area contributed by atoms with Crippen LogP contribution in [0.1, 0.15) is 13.8 Å². The molecule has 0 aromatic carbocycles. The predicted octanol–water partition coefficient (Wildman–Crippen LogP) is 1.22. The summed E-state index contributed by atoms with van der Waals surface area (Å²) in [6.45, 7) is 3.43. The average molecular weight is 159 g/mol. The molecule has 0 saturated carbocycles. The van der Waals surface area contributed by atoms with Crippen LogP contribution in [0.4, 0.5) is 4.39 Å². The van der Waals surface area contributed by atoms with Crippen LogP contribution < -0.4 is 5.73 Å². The highest BCUT2D eigenvalue weighted by atomic mass is 19.1. The first-order chi connectivity index (χ1) is 5.13. The number of halogens is 1. The van der Waals surface area contributed by atoms with Gasteiger partial charge in [-0.3, -0.25) is 0 Å². The van der Waals surface area contributed by atoms with Crippen LogP contribution >= 0.6 is 0 Å². The van der Waals surface area contributed by atoms with E-state index in [9.17, 15) is 4.39 Å². The van der Waals surface area contributed by atoms with Gasteiger partial charge in [0, 0.05) is 5.92 Å². The summed E-state index contributed by atoms with van der Waals surface area (Å²) >= 11 is 0. The van der Waals surface area contributed by atoms with Crippen LogP contribution in [0.5, 0.6) is 0 Å². The Morgan fingerprint density at radius 3 is 2.64 bits per heavy atom. The second-order valence-electron chi connectivity index (χ2n) is 3.04. The van der Waals surface area contributed by atoms with E-state index < -0.39 is 12.2 Å². The zero-order valence-corrected chi connectivity index (χ0v) is 6.83. The molecule has 0 saturated heterocycles. The molecule has 0 bridgehead atoms. The third kappa shape index (κ3) is 1.71. The number of hydrogen-bond donors (Lipinski definition) is 1. The molecule has 0 aliphatic carbocycles. The molecule has 4 atom stereocenters. The summed E-state index contributed by atoms with van der Waals surface area (Å²) in [6, 6.07) is -0.514. The third-order valence-electron chi connectivity index (χ3n) is 2.05. The van der Waals surface area contributed by atoms with Crippen molar-refractivity contribution in [2.45, 2.75) is 32.2 Å². The van der Waals surface area contributed by atoms with Crippen molar-refractivity contribution in [1.82, 2.24) is 0 Å². The summed E-state index contributed by atoms with van der Waals surface area (Å²) < 4.78 is 17.8. The fraction of sp³-hybridized carbons (Fsp3) is 0.750. The zero-order valence-electron chi connectivity index (χ0n) is 6.83. The smallest absolute Gasteiger partial charge is 0.122 e. The highest BCUT2D eigenvalue weighted by Crippen LogP contribution is 2.21. The van der Waals surface area contributed by atoms with Gasteiger partial charge in [-0.1, -0.05) is 6.92 Å². The maximum Gasteiger partial charge on any atom is 0.122 e. The van der Waals surface area contributed by atoms with Crippen molar-refractivity contribution in [2.24, 2.45) is 11.7 Å². The van der Waals surface area contributed by atoms with E-state index in [1.54, 1.807) is 6.26 Å². The summed E-state index contributed by atoms with van der Waals surface area (Å²) in [5.74, 6) is 0.225. The van der Waals surface area contributed by atoms with Crippen LogP contribution in [-0.2, 0) is 4.74 Å². The minimum atomic E-state index is -1.01. The number of nitrogens with two attached hydrogens (primary N) is 1. The van der Waals surface area contributed by atoms with Crippen LogP contribution in [0.25, 0.3) is 0 Å². The van der Waals surface area contributed by atoms with Gasteiger partial charge in [0.15, 0.2) is 0 Å². The summed E-state index contributed by atoms with van der Waals surface area (Å²) in [7, 11) is 0. The molecular formula is C8H14FNO. The van der Waals surface area contributed by atoms with Gasteiger partial charge in [-0.2, -0.15) is 0 Å². The minimum absolute atomic E-state index is 0.185. The van der Waals surface area contributed by atoms with Gasteiger partial charge in [0.05, 0.1) is 12.3 Å². The van der Waals surface area contributed by atoms with Gasteiger partial charge in [0.1, 0.15) is 12.3 Å². The van der Waals surface area contributed by atoms with Crippen molar-refractivity contribution in [3.05, 3.63) is 12.3 Å². The lowest BCUT2D eigenvalue weighted by Gasteiger charge is -2.23. The van der Waals surface area contributed by atoms with E-state index in [0.717, 1.165) is 0 Å².